The van der Waals surface area contributed by atoms with Crippen molar-refractivity contribution in [3.05, 3.63) is 24.0 Å². The molecule has 0 saturated heterocycles. The van der Waals surface area contributed by atoms with Crippen LogP contribution in [0.3, 0.4) is 0 Å². The number of nitrogens with one attached hydrogen (secondary N) is 1. The van der Waals surface area contributed by atoms with Gasteiger partial charge in [-0.25, -0.2) is 12.8 Å². The molecule has 0 aliphatic rings. The number of halogens is 1. The highest BCUT2D eigenvalue weighted by atomic mass is 32.2. The van der Waals surface area contributed by atoms with Crippen LogP contribution in [-0.4, -0.2) is 18.8 Å². The molecule has 1 rings (SSSR count). The van der Waals surface area contributed by atoms with Crippen LogP contribution in [0.4, 0.5) is 10.1 Å². The Balaban J connectivity index is 3.01. The second-order valence-electron chi connectivity index (χ2n) is 3.36. The molecular formula is C9H12FNO3S. The number of rotatable bonds is 3. The van der Waals surface area contributed by atoms with E-state index in [9.17, 15) is 17.9 Å². The smallest absolute Gasteiger partial charge is 0.235 e. The first-order valence-corrected chi connectivity index (χ1v) is 5.87. The van der Waals surface area contributed by atoms with Crippen LogP contribution >= 0.6 is 0 Å². The number of sulfonamides is 1. The fraction of sp³-hybridized carbons (Fsp3) is 0.333. The number of anilines is 1. The molecule has 0 aliphatic carbocycles. The van der Waals surface area contributed by atoms with Gasteiger partial charge in [0.05, 0.1) is 10.9 Å². The van der Waals surface area contributed by atoms with Crippen LogP contribution in [0, 0.1) is 5.82 Å². The predicted molar refractivity (Wildman–Crippen MR) is 55.7 cm³/mol. The Bertz CT molecular complexity index is 456. The number of benzene rings is 1. The molecule has 0 heterocycles. The first-order chi connectivity index (χ1) is 6.83. The summed E-state index contributed by atoms with van der Waals surface area (Å²) >= 11 is 0. The van der Waals surface area contributed by atoms with E-state index in [2.05, 4.69) is 4.72 Å². The van der Waals surface area contributed by atoms with Crippen molar-refractivity contribution in [2.75, 3.05) is 4.72 Å². The molecule has 0 amide bonds. The summed E-state index contributed by atoms with van der Waals surface area (Å²) in [6, 6.07) is 3.08. The van der Waals surface area contributed by atoms with Gasteiger partial charge in [-0.2, -0.15) is 0 Å². The van der Waals surface area contributed by atoms with Gasteiger partial charge in [0.25, 0.3) is 0 Å². The van der Waals surface area contributed by atoms with Crippen molar-refractivity contribution in [1.29, 1.82) is 0 Å². The minimum Gasteiger partial charge on any atom is -0.506 e. The molecule has 2 N–H and O–H groups in total. The number of aromatic hydroxyl groups is 1. The molecule has 0 aromatic heterocycles. The summed E-state index contributed by atoms with van der Waals surface area (Å²) in [5.41, 5.74) is -0.0231. The largest absolute Gasteiger partial charge is 0.506 e. The van der Waals surface area contributed by atoms with Crippen molar-refractivity contribution in [2.24, 2.45) is 0 Å². The number of phenols is 1. The molecule has 6 heteroatoms. The first-order valence-electron chi connectivity index (χ1n) is 4.33. The van der Waals surface area contributed by atoms with Gasteiger partial charge in [-0.05, 0) is 26.0 Å². The lowest BCUT2D eigenvalue weighted by Gasteiger charge is -2.11. The lowest BCUT2D eigenvalue weighted by Crippen LogP contribution is -2.22. The van der Waals surface area contributed by atoms with Crippen LogP contribution in [0.25, 0.3) is 0 Å². The highest BCUT2D eigenvalue weighted by Gasteiger charge is 2.17. The quantitative estimate of drug-likeness (QED) is 0.780. The Morgan fingerprint density at radius 1 is 1.40 bits per heavy atom. The minimum atomic E-state index is -3.52. The zero-order valence-corrected chi connectivity index (χ0v) is 9.18. The Kier molecular flexibility index (Phi) is 3.18. The average Bonchev–Trinajstić information content (AvgIpc) is 2.09. The van der Waals surface area contributed by atoms with Crippen LogP contribution in [-0.2, 0) is 10.0 Å². The van der Waals surface area contributed by atoms with Crippen molar-refractivity contribution in [1.82, 2.24) is 0 Å². The standard InChI is InChI=1S/C9H12FNO3S/c1-6(2)15(13,14)11-8-4-3-7(10)5-9(8)12/h3-6,11-12H,1-2H3. The normalized spacial score (nSPS) is 11.7. The van der Waals surface area contributed by atoms with Gasteiger partial charge in [-0.15, -0.1) is 0 Å². The summed E-state index contributed by atoms with van der Waals surface area (Å²) in [5.74, 6) is -1.06. The molecule has 15 heavy (non-hydrogen) atoms. The third kappa shape index (κ3) is 2.82. The van der Waals surface area contributed by atoms with Crippen molar-refractivity contribution in [3.63, 3.8) is 0 Å². The summed E-state index contributed by atoms with van der Waals surface area (Å²) < 4.78 is 37.6. The van der Waals surface area contributed by atoms with Gasteiger partial charge in [0.2, 0.25) is 10.0 Å². The molecular weight excluding hydrogens is 221 g/mol. The fourth-order valence-corrected chi connectivity index (χ4v) is 1.58. The molecule has 4 nitrogen and oxygen atoms in total. The maximum Gasteiger partial charge on any atom is 0.235 e. The monoisotopic (exact) mass is 233 g/mol. The molecule has 0 aliphatic heterocycles. The van der Waals surface area contributed by atoms with E-state index in [0.717, 1.165) is 12.1 Å². The van der Waals surface area contributed by atoms with Crippen molar-refractivity contribution in [3.8, 4) is 5.75 Å². The van der Waals surface area contributed by atoms with Gasteiger partial charge in [0, 0.05) is 6.07 Å². The van der Waals surface area contributed by atoms with Crippen molar-refractivity contribution < 1.29 is 17.9 Å². The van der Waals surface area contributed by atoms with Crippen LogP contribution in [0.1, 0.15) is 13.8 Å². The van der Waals surface area contributed by atoms with Gasteiger partial charge >= 0.3 is 0 Å². The summed E-state index contributed by atoms with van der Waals surface area (Å²) in [6.45, 7) is 3.01. The Hall–Kier alpha value is -1.30. The molecule has 0 saturated carbocycles. The molecule has 0 atom stereocenters. The number of phenolic OH excluding ortho intramolecular Hbond substituents is 1. The molecule has 0 bridgehead atoms. The van der Waals surface area contributed by atoms with Crippen LogP contribution < -0.4 is 4.72 Å². The van der Waals surface area contributed by atoms with E-state index in [-0.39, 0.29) is 5.69 Å². The first kappa shape index (κ1) is 11.8. The topological polar surface area (TPSA) is 66.4 Å². The van der Waals surface area contributed by atoms with E-state index in [1.165, 1.54) is 19.9 Å². The SMILES string of the molecule is CC(C)S(=O)(=O)Nc1ccc(F)cc1O. The van der Waals surface area contributed by atoms with Crippen LogP contribution in [0.15, 0.2) is 18.2 Å². The van der Waals surface area contributed by atoms with E-state index in [1.54, 1.807) is 0 Å². The second kappa shape index (κ2) is 4.06. The molecule has 0 spiro atoms. The Morgan fingerprint density at radius 2 is 2.00 bits per heavy atom. The molecule has 0 unspecified atom stereocenters. The second-order valence-corrected chi connectivity index (χ2v) is 5.59. The summed E-state index contributed by atoms with van der Waals surface area (Å²) in [6.07, 6.45) is 0. The summed E-state index contributed by atoms with van der Waals surface area (Å²) in [4.78, 5) is 0. The van der Waals surface area contributed by atoms with Gasteiger partial charge in [0.15, 0.2) is 0 Å². The van der Waals surface area contributed by atoms with Gasteiger partial charge in [-0.1, -0.05) is 0 Å². The van der Waals surface area contributed by atoms with E-state index in [0.29, 0.717) is 0 Å². The van der Waals surface area contributed by atoms with Gasteiger partial charge < -0.3 is 5.11 Å². The molecule has 1 aromatic rings. The summed E-state index contributed by atoms with van der Waals surface area (Å²) in [7, 11) is -3.52. The zero-order valence-electron chi connectivity index (χ0n) is 8.36. The number of hydrogen-bond donors (Lipinski definition) is 2. The maximum atomic E-state index is 12.6. The molecule has 0 radical (unpaired) electrons. The van der Waals surface area contributed by atoms with E-state index in [1.807, 2.05) is 0 Å². The van der Waals surface area contributed by atoms with Gasteiger partial charge in [0.1, 0.15) is 11.6 Å². The van der Waals surface area contributed by atoms with Crippen molar-refractivity contribution >= 4 is 15.7 Å². The third-order valence-electron chi connectivity index (χ3n) is 1.83. The fourth-order valence-electron chi connectivity index (χ4n) is 0.862. The summed E-state index contributed by atoms with van der Waals surface area (Å²) in [5, 5.41) is 8.65. The highest BCUT2D eigenvalue weighted by molar-refractivity contribution is 7.93. The average molecular weight is 233 g/mol. The maximum absolute atomic E-state index is 12.6. The molecule has 0 fully saturated rings. The molecule has 1 aromatic carbocycles. The zero-order chi connectivity index (χ0) is 11.6. The Morgan fingerprint density at radius 3 is 2.47 bits per heavy atom. The lowest BCUT2D eigenvalue weighted by atomic mass is 10.3. The van der Waals surface area contributed by atoms with Crippen LogP contribution in [0.2, 0.25) is 0 Å². The van der Waals surface area contributed by atoms with Gasteiger partial charge in [-0.3, -0.25) is 4.72 Å². The van der Waals surface area contributed by atoms with E-state index < -0.39 is 26.8 Å². The highest BCUT2D eigenvalue weighted by Crippen LogP contribution is 2.25. The minimum absolute atomic E-state index is 0.0231. The van der Waals surface area contributed by atoms with E-state index >= 15 is 0 Å². The number of hydrogen-bond acceptors (Lipinski definition) is 3. The molecule has 84 valence electrons. The predicted octanol–water partition coefficient (Wildman–Crippen LogP) is 1.68. The third-order valence-corrected chi connectivity index (χ3v) is 3.58. The lowest BCUT2D eigenvalue weighted by molar-refractivity contribution is 0.471. The van der Waals surface area contributed by atoms with E-state index in [4.69, 9.17) is 0 Å². The van der Waals surface area contributed by atoms with Crippen molar-refractivity contribution in [2.45, 2.75) is 19.1 Å². The Labute approximate surface area is 87.8 Å². The van der Waals surface area contributed by atoms with Crippen LogP contribution in [0.5, 0.6) is 5.75 Å².